The summed E-state index contributed by atoms with van der Waals surface area (Å²) in [7, 11) is -0.598. The van der Waals surface area contributed by atoms with Crippen molar-refractivity contribution in [2.45, 2.75) is 20.5 Å². The Hall–Kier alpha value is -1.38. The van der Waals surface area contributed by atoms with Gasteiger partial charge in [0, 0.05) is 0 Å². The Balaban J connectivity index is 1.90. The molecule has 0 atom stereocenters. The minimum atomic E-state index is -0.598. The van der Waals surface area contributed by atoms with Crippen molar-refractivity contribution in [3.8, 4) is 0 Å². The molecule has 17 heavy (non-hydrogen) atoms. The van der Waals surface area contributed by atoms with Gasteiger partial charge >= 0.3 is 0 Å². The first-order chi connectivity index (χ1) is 8.24. The van der Waals surface area contributed by atoms with Gasteiger partial charge in [-0.2, -0.15) is 0 Å². The lowest BCUT2D eigenvalue weighted by Gasteiger charge is -2.06. The van der Waals surface area contributed by atoms with Gasteiger partial charge in [-0.15, -0.1) is 0 Å². The van der Waals surface area contributed by atoms with Gasteiger partial charge in [-0.05, 0) is 24.6 Å². The highest BCUT2D eigenvalue weighted by Gasteiger charge is 1.98. The van der Waals surface area contributed by atoms with Gasteiger partial charge in [0.05, 0.1) is 6.61 Å². The van der Waals surface area contributed by atoms with Crippen LogP contribution >= 0.6 is 0 Å². The van der Waals surface area contributed by atoms with Crippen LogP contribution in [0.4, 0.5) is 0 Å². The number of rotatable bonds is 4. The molecule has 0 amide bonds. The third-order valence-electron chi connectivity index (χ3n) is 2.66. The molecule has 0 aliphatic carbocycles. The summed E-state index contributed by atoms with van der Waals surface area (Å²) in [6, 6.07) is 17.0. The van der Waals surface area contributed by atoms with E-state index >= 15 is 0 Å². The highest BCUT2D eigenvalue weighted by atomic mass is 28.2. The van der Waals surface area contributed by atoms with Gasteiger partial charge < -0.3 is 4.43 Å². The summed E-state index contributed by atoms with van der Waals surface area (Å²) in [5.74, 6) is 0. The molecule has 2 aromatic rings. The van der Waals surface area contributed by atoms with E-state index in [1.54, 1.807) is 0 Å². The molecule has 0 unspecified atom stereocenters. The number of hydrogen-bond acceptors (Lipinski definition) is 1. The summed E-state index contributed by atoms with van der Waals surface area (Å²) in [5.41, 5.74) is 3.91. The average Bonchev–Trinajstić information content (AvgIpc) is 2.29. The molecule has 0 spiro atoms. The van der Waals surface area contributed by atoms with Gasteiger partial charge in [-0.25, -0.2) is 0 Å². The van der Waals surface area contributed by atoms with Crippen LogP contribution in [-0.4, -0.2) is 9.76 Å². The molecule has 0 saturated carbocycles. The Morgan fingerprint density at radius 1 is 0.941 bits per heavy atom. The van der Waals surface area contributed by atoms with Crippen LogP contribution in [-0.2, 0) is 11.0 Å². The molecule has 0 heterocycles. The first kappa shape index (κ1) is 12.1. The predicted molar refractivity (Wildman–Crippen MR) is 75.3 cm³/mol. The maximum Gasteiger partial charge on any atom is 0.192 e. The molecule has 88 valence electrons. The lowest BCUT2D eigenvalue weighted by Crippen LogP contribution is -2.18. The number of benzene rings is 2. The highest BCUT2D eigenvalue weighted by molar-refractivity contribution is 6.46. The maximum absolute atomic E-state index is 5.85. The number of aryl methyl sites for hydroxylation is 2. The fraction of sp³-hybridized carbons (Fsp3) is 0.200. The molecule has 2 heteroatoms. The van der Waals surface area contributed by atoms with E-state index in [4.69, 9.17) is 4.43 Å². The monoisotopic (exact) mass is 242 g/mol. The minimum absolute atomic E-state index is 0.598. The first-order valence-electron chi connectivity index (χ1n) is 5.93. The molecular formula is C15H18OSi. The Kier molecular flexibility index (Phi) is 4.12. The molecule has 2 rings (SSSR count). The zero-order valence-electron chi connectivity index (χ0n) is 10.4. The lowest BCUT2D eigenvalue weighted by atomic mass is 10.2. The van der Waals surface area contributed by atoms with E-state index < -0.39 is 9.76 Å². The summed E-state index contributed by atoms with van der Waals surface area (Å²) in [6.45, 7) is 5.02. The van der Waals surface area contributed by atoms with Gasteiger partial charge in [-0.1, -0.05) is 59.7 Å². The second kappa shape index (κ2) is 5.80. The second-order valence-corrected chi connectivity index (χ2v) is 5.99. The highest BCUT2D eigenvalue weighted by Crippen LogP contribution is 2.02. The van der Waals surface area contributed by atoms with E-state index in [9.17, 15) is 0 Å². The van der Waals surface area contributed by atoms with Crippen molar-refractivity contribution in [1.29, 1.82) is 0 Å². The van der Waals surface area contributed by atoms with Gasteiger partial charge in [-0.3, -0.25) is 0 Å². The van der Waals surface area contributed by atoms with E-state index in [0.29, 0.717) is 0 Å². The van der Waals surface area contributed by atoms with Gasteiger partial charge in [0.1, 0.15) is 0 Å². The van der Waals surface area contributed by atoms with Crippen molar-refractivity contribution in [2.24, 2.45) is 0 Å². The van der Waals surface area contributed by atoms with Crippen molar-refractivity contribution >= 4 is 14.9 Å². The Labute approximate surface area is 105 Å². The normalized spacial score (nSPS) is 11.2. The zero-order valence-corrected chi connectivity index (χ0v) is 11.9. The predicted octanol–water partition coefficient (Wildman–Crippen LogP) is 2.23. The van der Waals surface area contributed by atoms with Crippen molar-refractivity contribution in [3.05, 3.63) is 65.2 Å². The Morgan fingerprint density at radius 2 is 1.59 bits per heavy atom. The minimum Gasteiger partial charge on any atom is -0.414 e. The van der Waals surface area contributed by atoms with Crippen molar-refractivity contribution in [3.63, 3.8) is 0 Å². The topological polar surface area (TPSA) is 9.23 Å². The van der Waals surface area contributed by atoms with Gasteiger partial charge in [0.15, 0.2) is 9.76 Å². The molecule has 0 N–H and O–H groups in total. The molecule has 0 aliphatic rings. The van der Waals surface area contributed by atoms with Crippen LogP contribution in [0.5, 0.6) is 0 Å². The summed E-state index contributed by atoms with van der Waals surface area (Å²) in [5, 5.41) is 1.39. The van der Waals surface area contributed by atoms with Crippen molar-refractivity contribution in [1.82, 2.24) is 0 Å². The SMILES string of the molecule is Cc1cc(C)cc([SiH2]OCc2ccccc2)c1. The summed E-state index contributed by atoms with van der Waals surface area (Å²) in [4.78, 5) is 0. The van der Waals surface area contributed by atoms with Crippen LogP contribution in [0.1, 0.15) is 16.7 Å². The Morgan fingerprint density at radius 3 is 2.24 bits per heavy atom. The largest absolute Gasteiger partial charge is 0.414 e. The number of hydrogen-bond donors (Lipinski definition) is 0. The average molecular weight is 242 g/mol. The third-order valence-corrected chi connectivity index (χ3v) is 3.81. The van der Waals surface area contributed by atoms with Crippen LogP contribution in [0.3, 0.4) is 0 Å². The zero-order chi connectivity index (χ0) is 12.1. The molecule has 2 aromatic carbocycles. The van der Waals surface area contributed by atoms with Crippen molar-refractivity contribution in [2.75, 3.05) is 0 Å². The van der Waals surface area contributed by atoms with Crippen LogP contribution in [0.15, 0.2) is 48.5 Å². The van der Waals surface area contributed by atoms with E-state index in [2.05, 4.69) is 56.3 Å². The smallest absolute Gasteiger partial charge is 0.192 e. The van der Waals surface area contributed by atoms with Gasteiger partial charge in [0.25, 0.3) is 0 Å². The first-order valence-corrected chi connectivity index (χ1v) is 7.21. The van der Waals surface area contributed by atoms with Crippen molar-refractivity contribution < 1.29 is 4.43 Å². The molecular weight excluding hydrogens is 224 g/mol. The molecule has 0 radical (unpaired) electrons. The molecule has 0 aliphatic heterocycles. The van der Waals surface area contributed by atoms with E-state index in [1.807, 2.05) is 6.07 Å². The summed E-state index contributed by atoms with van der Waals surface area (Å²) >= 11 is 0. The van der Waals surface area contributed by atoms with Crippen LogP contribution in [0, 0.1) is 13.8 Å². The molecule has 1 nitrogen and oxygen atoms in total. The van der Waals surface area contributed by atoms with E-state index in [1.165, 1.54) is 21.9 Å². The summed E-state index contributed by atoms with van der Waals surface area (Å²) in [6.07, 6.45) is 0. The fourth-order valence-corrected chi connectivity index (χ4v) is 3.40. The Bertz CT molecular complexity index is 459. The van der Waals surface area contributed by atoms with Gasteiger partial charge in [0.2, 0.25) is 0 Å². The molecule has 0 fully saturated rings. The fourth-order valence-electron chi connectivity index (χ4n) is 2.01. The lowest BCUT2D eigenvalue weighted by molar-refractivity contribution is 0.330. The molecule has 0 bridgehead atoms. The summed E-state index contributed by atoms with van der Waals surface area (Å²) < 4.78 is 5.85. The molecule has 0 aromatic heterocycles. The second-order valence-electron chi connectivity index (χ2n) is 4.47. The van der Waals surface area contributed by atoms with Crippen LogP contribution < -0.4 is 5.19 Å². The molecule has 0 saturated heterocycles. The quantitative estimate of drug-likeness (QED) is 0.747. The van der Waals surface area contributed by atoms with Crippen LogP contribution in [0.25, 0.3) is 0 Å². The maximum atomic E-state index is 5.85. The van der Waals surface area contributed by atoms with E-state index in [0.717, 1.165) is 6.61 Å². The van der Waals surface area contributed by atoms with E-state index in [-0.39, 0.29) is 0 Å². The van der Waals surface area contributed by atoms with Crippen LogP contribution in [0.2, 0.25) is 0 Å². The standard InChI is InChI=1S/C15H18OSi/c1-12-8-13(2)10-15(9-12)17-16-11-14-6-4-3-5-7-14/h3-10H,11,17H2,1-2H3. The third kappa shape index (κ3) is 3.84.